The summed E-state index contributed by atoms with van der Waals surface area (Å²) < 4.78 is 19.8. The highest BCUT2D eigenvalue weighted by Gasteiger charge is 2.55. The first-order valence-corrected chi connectivity index (χ1v) is 6.42. The molecule has 2 rings (SSSR count). The van der Waals surface area contributed by atoms with E-state index < -0.39 is 17.4 Å². The summed E-state index contributed by atoms with van der Waals surface area (Å²) in [4.78, 5) is 24.9. The number of rotatable bonds is 0. The van der Waals surface area contributed by atoms with Gasteiger partial charge in [-0.25, -0.2) is 9.18 Å². The summed E-state index contributed by atoms with van der Waals surface area (Å²) in [6.07, 6.45) is 1.15. The lowest BCUT2D eigenvalue weighted by Crippen LogP contribution is -2.45. The van der Waals surface area contributed by atoms with E-state index in [1.807, 2.05) is 0 Å². The predicted molar refractivity (Wildman–Crippen MR) is 64.0 cm³/mol. The third-order valence-corrected chi connectivity index (χ3v) is 3.58. The van der Waals surface area contributed by atoms with Gasteiger partial charge in [-0.1, -0.05) is 0 Å². The minimum atomic E-state index is -1.84. The molecule has 1 saturated carbocycles. The number of nitrogens with zero attached hydrogens (tertiary/aromatic N) is 1. The third kappa shape index (κ3) is 2.35. The number of hydrogen-bond acceptors (Lipinski definition) is 3. The molecule has 2 aliphatic rings. The lowest BCUT2D eigenvalue weighted by atomic mass is 9.78. The average molecular weight is 257 g/mol. The Morgan fingerprint density at radius 2 is 2.17 bits per heavy atom. The van der Waals surface area contributed by atoms with Crippen molar-refractivity contribution in [2.75, 3.05) is 13.1 Å². The summed E-state index contributed by atoms with van der Waals surface area (Å²) in [5.41, 5.74) is -2.44. The molecule has 4 nitrogen and oxygen atoms in total. The molecular weight excluding hydrogens is 237 g/mol. The Balaban J connectivity index is 2.07. The fourth-order valence-electron chi connectivity index (χ4n) is 2.70. The van der Waals surface area contributed by atoms with E-state index in [-0.39, 0.29) is 31.2 Å². The van der Waals surface area contributed by atoms with E-state index in [1.54, 1.807) is 20.8 Å². The van der Waals surface area contributed by atoms with Gasteiger partial charge in [-0.05, 0) is 33.6 Å². The zero-order valence-corrected chi connectivity index (χ0v) is 11.2. The molecule has 1 amide bonds. The molecule has 2 fully saturated rings. The van der Waals surface area contributed by atoms with Gasteiger partial charge in [-0.15, -0.1) is 0 Å². The van der Waals surface area contributed by atoms with Gasteiger partial charge >= 0.3 is 6.09 Å². The van der Waals surface area contributed by atoms with Crippen LogP contribution in [0.4, 0.5) is 9.18 Å². The molecule has 0 radical (unpaired) electrons. The maximum atomic E-state index is 14.6. The molecule has 18 heavy (non-hydrogen) atoms. The third-order valence-electron chi connectivity index (χ3n) is 3.58. The van der Waals surface area contributed by atoms with Crippen LogP contribution in [0, 0.1) is 5.92 Å². The fourth-order valence-corrected chi connectivity index (χ4v) is 2.70. The van der Waals surface area contributed by atoms with Gasteiger partial charge < -0.3 is 9.64 Å². The van der Waals surface area contributed by atoms with Gasteiger partial charge in [-0.3, -0.25) is 4.79 Å². The van der Waals surface area contributed by atoms with Gasteiger partial charge in [0.1, 0.15) is 5.60 Å². The second-order valence-corrected chi connectivity index (χ2v) is 6.24. The lowest BCUT2D eigenvalue weighted by Gasteiger charge is -2.28. The minimum Gasteiger partial charge on any atom is -0.444 e. The number of alkyl halides is 1. The number of carbonyl (C=O) groups excluding carboxylic acids is 2. The first-order valence-electron chi connectivity index (χ1n) is 6.42. The van der Waals surface area contributed by atoms with Crippen LogP contribution in [-0.2, 0) is 9.53 Å². The molecule has 0 unspecified atom stereocenters. The molecule has 1 saturated heterocycles. The quantitative estimate of drug-likeness (QED) is 0.669. The van der Waals surface area contributed by atoms with Gasteiger partial charge in [0, 0.05) is 18.9 Å². The average Bonchev–Trinajstić information content (AvgIpc) is 2.56. The number of fused-ring (bicyclic) bond motifs is 1. The van der Waals surface area contributed by atoms with Crippen molar-refractivity contribution in [2.24, 2.45) is 5.92 Å². The summed E-state index contributed by atoms with van der Waals surface area (Å²) in [6.45, 7) is 5.45. The molecular formula is C13H20FNO3. The summed E-state index contributed by atoms with van der Waals surface area (Å²) in [6, 6.07) is 0. The van der Waals surface area contributed by atoms with Gasteiger partial charge in [0.2, 0.25) is 0 Å². The molecule has 0 aromatic carbocycles. The normalized spacial score (nSPS) is 32.3. The van der Waals surface area contributed by atoms with Crippen molar-refractivity contribution in [3.8, 4) is 0 Å². The second-order valence-electron chi connectivity index (χ2n) is 6.24. The molecule has 0 N–H and O–H groups in total. The maximum Gasteiger partial charge on any atom is 0.410 e. The Hall–Kier alpha value is -1.13. The maximum absolute atomic E-state index is 14.6. The Morgan fingerprint density at radius 3 is 2.72 bits per heavy atom. The van der Waals surface area contributed by atoms with Crippen LogP contribution in [0.5, 0.6) is 0 Å². The highest BCUT2D eigenvalue weighted by atomic mass is 19.1. The molecule has 0 aromatic heterocycles. The lowest BCUT2D eigenvalue weighted by molar-refractivity contribution is -0.134. The van der Waals surface area contributed by atoms with Gasteiger partial charge in [-0.2, -0.15) is 0 Å². The molecule has 1 aliphatic heterocycles. The Labute approximate surface area is 106 Å². The van der Waals surface area contributed by atoms with Crippen molar-refractivity contribution in [1.82, 2.24) is 4.90 Å². The fraction of sp³-hybridized carbons (Fsp3) is 0.846. The van der Waals surface area contributed by atoms with Crippen LogP contribution in [-0.4, -0.2) is 41.1 Å². The van der Waals surface area contributed by atoms with Crippen LogP contribution in [0.15, 0.2) is 0 Å². The second kappa shape index (κ2) is 4.21. The SMILES string of the molecule is CC(C)(C)OC(=O)N1C[C@@H]2CCCC(=O)[C@]2(F)C1. The van der Waals surface area contributed by atoms with Crippen LogP contribution >= 0.6 is 0 Å². The number of ketones is 1. The van der Waals surface area contributed by atoms with Gasteiger partial charge in [0.15, 0.2) is 11.5 Å². The molecule has 2 atom stereocenters. The number of amides is 1. The first kappa shape index (κ1) is 13.3. The molecule has 1 heterocycles. The molecule has 0 aromatic rings. The van der Waals surface area contributed by atoms with E-state index in [0.29, 0.717) is 6.42 Å². The van der Waals surface area contributed by atoms with Crippen molar-refractivity contribution in [2.45, 2.75) is 51.3 Å². The zero-order valence-electron chi connectivity index (χ0n) is 11.2. The van der Waals surface area contributed by atoms with Crippen LogP contribution in [0.3, 0.4) is 0 Å². The largest absolute Gasteiger partial charge is 0.444 e. The van der Waals surface area contributed by atoms with E-state index >= 15 is 0 Å². The van der Waals surface area contributed by atoms with Crippen molar-refractivity contribution in [3.63, 3.8) is 0 Å². The molecule has 5 heteroatoms. The van der Waals surface area contributed by atoms with E-state index in [1.165, 1.54) is 4.90 Å². The van der Waals surface area contributed by atoms with Crippen LogP contribution < -0.4 is 0 Å². The Morgan fingerprint density at radius 1 is 1.50 bits per heavy atom. The van der Waals surface area contributed by atoms with E-state index in [0.717, 1.165) is 6.42 Å². The van der Waals surface area contributed by atoms with E-state index in [4.69, 9.17) is 4.74 Å². The Kier molecular flexibility index (Phi) is 3.11. The predicted octanol–water partition coefficient (Wildman–Crippen LogP) is 2.31. The first-order chi connectivity index (χ1) is 8.22. The monoisotopic (exact) mass is 257 g/mol. The highest BCUT2D eigenvalue weighted by molar-refractivity contribution is 5.90. The van der Waals surface area contributed by atoms with Crippen molar-refractivity contribution in [1.29, 1.82) is 0 Å². The van der Waals surface area contributed by atoms with Crippen molar-refractivity contribution in [3.05, 3.63) is 0 Å². The topological polar surface area (TPSA) is 46.6 Å². The molecule has 0 bridgehead atoms. The highest BCUT2D eigenvalue weighted by Crippen LogP contribution is 2.40. The van der Waals surface area contributed by atoms with E-state index in [9.17, 15) is 14.0 Å². The van der Waals surface area contributed by atoms with Crippen molar-refractivity contribution < 1.29 is 18.7 Å². The number of Topliss-reactive ketones (excluding diaryl/α,β-unsaturated/α-hetero) is 1. The van der Waals surface area contributed by atoms with Crippen molar-refractivity contribution >= 4 is 11.9 Å². The van der Waals surface area contributed by atoms with Crippen LogP contribution in [0.1, 0.15) is 40.0 Å². The number of halogens is 1. The summed E-state index contributed by atoms with van der Waals surface area (Å²) >= 11 is 0. The van der Waals surface area contributed by atoms with Crippen LogP contribution in [0.25, 0.3) is 0 Å². The smallest absolute Gasteiger partial charge is 0.410 e. The van der Waals surface area contributed by atoms with Gasteiger partial charge in [0.05, 0.1) is 6.54 Å². The number of likely N-dealkylation sites (tertiary alicyclic amines) is 1. The Bertz CT molecular complexity index is 377. The zero-order chi connectivity index (χ0) is 13.6. The van der Waals surface area contributed by atoms with Gasteiger partial charge in [0.25, 0.3) is 0 Å². The summed E-state index contributed by atoms with van der Waals surface area (Å²) in [5, 5.41) is 0. The number of ether oxygens (including phenoxy) is 1. The van der Waals surface area contributed by atoms with Crippen LogP contribution in [0.2, 0.25) is 0 Å². The number of hydrogen-bond donors (Lipinski definition) is 0. The molecule has 0 spiro atoms. The van der Waals surface area contributed by atoms with E-state index in [2.05, 4.69) is 0 Å². The summed E-state index contributed by atoms with van der Waals surface area (Å²) in [5.74, 6) is -0.712. The standard InChI is InChI=1S/C13H20FNO3/c1-12(2,3)18-11(17)15-7-9-5-4-6-10(16)13(9,14)8-15/h9H,4-8H2,1-3H3/t9-,13-/m0/s1. The summed E-state index contributed by atoms with van der Waals surface area (Å²) in [7, 11) is 0. The molecule has 102 valence electrons. The molecule has 1 aliphatic carbocycles. The minimum absolute atomic E-state index is 0.147. The number of carbonyl (C=O) groups is 2.